The molecule has 0 heterocycles. The molecule has 0 aromatic carbocycles. The zero-order chi connectivity index (χ0) is 12.4. The summed E-state index contributed by atoms with van der Waals surface area (Å²) in [6.45, 7) is 14.3. The van der Waals surface area contributed by atoms with Gasteiger partial charge in [0.2, 0.25) is 0 Å². The topological polar surface area (TPSA) is 9.23 Å². The Morgan fingerprint density at radius 2 is 1.94 bits per heavy atom. The van der Waals surface area contributed by atoms with Gasteiger partial charge in [0.05, 0.1) is 6.61 Å². The fourth-order valence-corrected chi connectivity index (χ4v) is 1.37. The maximum Gasteiger partial charge on any atom is 0.0649 e. The minimum Gasteiger partial charge on any atom is -0.377 e. The summed E-state index contributed by atoms with van der Waals surface area (Å²) < 4.78 is 5.55. The average molecular weight is 224 g/mol. The molecule has 0 aliphatic rings. The predicted octanol–water partition coefficient (Wildman–Crippen LogP) is 4.74. The lowest BCUT2D eigenvalue weighted by molar-refractivity contribution is 0.149. The van der Waals surface area contributed by atoms with E-state index in [-0.39, 0.29) is 0 Å². The highest BCUT2D eigenvalue weighted by atomic mass is 16.5. The molecular weight excluding hydrogens is 196 g/mol. The second-order valence-electron chi connectivity index (χ2n) is 5.12. The Balaban J connectivity index is 3.44. The second-order valence-corrected chi connectivity index (χ2v) is 5.12. The summed E-state index contributed by atoms with van der Waals surface area (Å²) in [5, 5.41) is 0. The molecule has 0 saturated carbocycles. The molecule has 1 nitrogen and oxygen atoms in total. The molecule has 0 spiro atoms. The van der Waals surface area contributed by atoms with Crippen LogP contribution in [-0.2, 0) is 4.74 Å². The fraction of sp³-hybridized carbons (Fsp3) is 0.733. The van der Waals surface area contributed by atoms with Crippen LogP contribution in [0.4, 0.5) is 0 Å². The van der Waals surface area contributed by atoms with Crippen LogP contribution in [0.25, 0.3) is 0 Å². The van der Waals surface area contributed by atoms with Gasteiger partial charge >= 0.3 is 0 Å². The van der Waals surface area contributed by atoms with E-state index < -0.39 is 0 Å². The molecule has 0 aliphatic carbocycles. The van der Waals surface area contributed by atoms with E-state index in [2.05, 4.69) is 40.3 Å². The first-order valence-corrected chi connectivity index (χ1v) is 6.40. The summed E-state index contributed by atoms with van der Waals surface area (Å²) in [4.78, 5) is 0. The van der Waals surface area contributed by atoms with Crippen molar-refractivity contribution >= 4 is 0 Å². The van der Waals surface area contributed by atoms with E-state index in [4.69, 9.17) is 4.74 Å². The van der Waals surface area contributed by atoms with Gasteiger partial charge in [0.15, 0.2) is 0 Å². The SMILES string of the molecule is C=C(C)CCC/C(C)=C/COCCC(C)C. The third-order valence-corrected chi connectivity index (χ3v) is 2.56. The minimum atomic E-state index is 0.737. The molecule has 94 valence electrons. The van der Waals surface area contributed by atoms with Crippen LogP contribution in [0.3, 0.4) is 0 Å². The molecule has 16 heavy (non-hydrogen) atoms. The van der Waals surface area contributed by atoms with Crippen molar-refractivity contribution in [2.45, 2.75) is 53.4 Å². The third kappa shape index (κ3) is 11.5. The first kappa shape index (κ1) is 15.4. The van der Waals surface area contributed by atoms with Gasteiger partial charge in [-0.25, -0.2) is 0 Å². The number of hydrogen-bond donors (Lipinski definition) is 0. The molecule has 0 aromatic heterocycles. The van der Waals surface area contributed by atoms with Gasteiger partial charge in [-0.15, -0.1) is 6.58 Å². The van der Waals surface area contributed by atoms with Gasteiger partial charge < -0.3 is 4.74 Å². The van der Waals surface area contributed by atoms with Crippen LogP contribution >= 0.6 is 0 Å². The highest BCUT2D eigenvalue weighted by Crippen LogP contribution is 2.10. The molecule has 1 heteroatoms. The lowest BCUT2D eigenvalue weighted by atomic mass is 10.1. The fourth-order valence-electron chi connectivity index (χ4n) is 1.37. The third-order valence-electron chi connectivity index (χ3n) is 2.56. The van der Waals surface area contributed by atoms with Crippen molar-refractivity contribution in [2.24, 2.45) is 5.92 Å². The molecule has 0 aliphatic heterocycles. The van der Waals surface area contributed by atoms with Crippen molar-refractivity contribution in [1.29, 1.82) is 0 Å². The lowest BCUT2D eigenvalue weighted by Gasteiger charge is -2.05. The Morgan fingerprint density at radius 3 is 2.50 bits per heavy atom. The summed E-state index contributed by atoms with van der Waals surface area (Å²) >= 11 is 0. The Morgan fingerprint density at radius 1 is 1.25 bits per heavy atom. The molecule has 0 N–H and O–H groups in total. The van der Waals surface area contributed by atoms with Gasteiger partial charge in [-0.1, -0.05) is 31.1 Å². The number of ether oxygens (including phenoxy) is 1. The number of rotatable bonds is 9. The monoisotopic (exact) mass is 224 g/mol. The smallest absolute Gasteiger partial charge is 0.0649 e. The van der Waals surface area contributed by atoms with Crippen molar-refractivity contribution in [3.05, 3.63) is 23.8 Å². The van der Waals surface area contributed by atoms with Crippen LogP contribution in [0.15, 0.2) is 23.8 Å². The van der Waals surface area contributed by atoms with Crippen LogP contribution in [0, 0.1) is 5.92 Å². The molecule has 0 saturated heterocycles. The van der Waals surface area contributed by atoms with Crippen LogP contribution in [-0.4, -0.2) is 13.2 Å². The second kappa shape index (κ2) is 9.65. The minimum absolute atomic E-state index is 0.737. The highest BCUT2D eigenvalue weighted by molar-refractivity contribution is 4.99. The summed E-state index contributed by atoms with van der Waals surface area (Å²) in [5.74, 6) is 0.737. The van der Waals surface area contributed by atoms with E-state index in [1.165, 1.54) is 24.0 Å². The molecule has 0 aromatic rings. The van der Waals surface area contributed by atoms with Gasteiger partial charge in [0.1, 0.15) is 0 Å². The molecule has 0 amide bonds. The summed E-state index contributed by atoms with van der Waals surface area (Å²) in [6.07, 6.45) is 6.88. The molecule has 0 unspecified atom stereocenters. The zero-order valence-electron chi connectivity index (χ0n) is 11.5. The van der Waals surface area contributed by atoms with Crippen molar-refractivity contribution in [3.63, 3.8) is 0 Å². The molecule has 0 radical (unpaired) electrons. The highest BCUT2D eigenvalue weighted by Gasteiger charge is 1.94. The first-order valence-electron chi connectivity index (χ1n) is 6.40. The largest absolute Gasteiger partial charge is 0.377 e. The van der Waals surface area contributed by atoms with Gasteiger partial charge in [0.25, 0.3) is 0 Å². The number of hydrogen-bond acceptors (Lipinski definition) is 1. The van der Waals surface area contributed by atoms with Crippen molar-refractivity contribution in [2.75, 3.05) is 13.2 Å². The predicted molar refractivity (Wildman–Crippen MR) is 72.7 cm³/mol. The van der Waals surface area contributed by atoms with Crippen LogP contribution in [0.1, 0.15) is 53.4 Å². The molecular formula is C15H28O. The zero-order valence-corrected chi connectivity index (χ0v) is 11.5. The molecule has 0 atom stereocenters. The van der Waals surface area contributed by atoms with E-state index in [1.54, 1.807) is 0 Å². The Kier molecular flexibility index (Phi) is 9.31. The van der Waals surface area contributed by atoms with Crippen molar-refractivity contribution in [1.82, 2.24) is 0 Å². The molecule has 0 bridgehead atoms. The van der Waals surface area contributed by atoms with Crippen LogP contribution < -0.4 is 0 Å². The Labute approximate surface area is 102 Å². The Hall–Kier alpha value is -0.560. The van der Waals surface area contributed by atoms with Gasteiger partial charge in [-0.05, 0) is 45.4 Å². The maximum absolute atomic E-state index is 5.55. The maximum atomic E-state index is 5.55. The normalized spacial score (nSPS) is 12.2. The average Bonchev–Trinajstić information content (AvgIpc) is 2.16. The summed E-state index contributed by atoms with van der Waals surface area (Å²) in [5.41, 5.74) is 2.71. The van der Waals surface area contributed by atoms with E-state index in [1.807, 2.05) is 0 Å². The van der Waals surface area contributed by atoms with Crippen LogP contribution in [0.2, 0.25) is 0 Å². The standard InChI is InChI=1S/C15H28O/c1-13(2)7-6-8-15(5)10-12-16-11-9-14(3)4/h10,14H,1,6-9,11-12H2,2-5H3/b15-10+. The van der Waals surface area contributed by atoms with Gasteiger partial charge in [-0.2, -0.15) is 0 Å². The van der Waals surface area contributed by atoms with Gasteiger partial charge in [0, 0.05) is 6.61 Å². The summed E-state index contributed by atoms with van der Waals surface area (Å²) in [6, 6.07) is 0. The quantitative estimate of drug-likeness (QED) is 0.406. The first-order chi connectivity index (χ1) is 7.52. The Bertz CT molecular complexity index is 213. The lowest BCUT2D eigenvalue weighted by Crippen LogP contribution is -1.99. The van der Waals surface area contributed by atoms with Crippen molar-refractivity contribution in [3.8, 4) is 0 Å². The van der Waals surface area contributed by atoms with Crippen LogP contribution in [0.5, 0.6) is 0 Å². The van der Waals surface area contributed by atoms with E-state index >= 15 is 0 Å². The number of allylic oxidation sites excluding steroid dienone is 2. The summed E-state index contributed by atoms with van der Waals surface area (Å²) in [7, 11) is 0. The van der Waals surface area contributed by atoms with E-state index in [0.717, 1.165) is 32.0 Å². The molecule has 0 fully saturated rings. The molecule has 0 rings (SSSR count). The van der Waals surface area contributed by atoms with E-state index in [9.17, 15) is 0 Å². The van der Waals surface area contributed by atoms with Gasteiger partial charge in [-0.3, -0.25) is 0 Å². The van der Waals surface area contributed by atoms with E-state index in [0.29, 0.717) is 0 Å². The van der Waals surface area contributed by atoms with Crippen molar-refractivity contribution < 1.29 is 4.74 Å².